The molecule has 2 nitrogen and oxygen atoms in total. The maximum absolute atomic E-state index is 3.88. The summed E-state index contributed by atoms with van der Waals surface area (Å²) in [7, 11) is 0. The van der Waals surface area contributed by atoms with Crippen molar-refractivity contribution in [3.63, 3.8) is 0 Å². The van der Waals surface area contributed by atoms with Crippen molar-refractivity contribution in [1.82, 2.24) is 10.2 Å². The summed E-state index contributed by atoms with van der Waals surface area (Å²) in [4.78, 5) is 2.55. The number of hydrogen-bond acceptors (Lipinski definition) is 2. The molecule has 1 N–H and O–H groups in total. The number of piperidine rings is 1. The lowest BCUT2D eigenvalue weighted by atomic mass is 9.97. The Balaban J connectivity index is 2.25. The highest BCUT2D eigenvalue weighted by molar-refractivity contribution is 4.87. The van der Waals surface area contributed by atoms with Gasteiger partial charge in [-0.15, -0.1) is 6.58 Å². The van der Waals surface area contributed by atoms with Crippen LogP contribution in [0.25, 0.3) is 0 Å². The molecule has 0 aromatic heterocycles. The number of hydrogen-bond donors (Lipinski definition) is 1. The fourth-order valence-electron chi connectivity index (χ4n) is 2.27. The molecule has 1 aliphatic rings. The largest absolute Gasteiger partial charge is 0.316 e. The minimum absolute atomic E-state index is 0.541. The van der Waals surface area contributed by atoms with Gasteiger partial charge in [-0.05, 0) is 51.7 Å². The summed E-state index contributed by atoms with van der Waals surface area (Å²) in [6.45, 7) is 13.2. The zero-order valence-electron chi connectivity index (χ0n) is 10.3. The summed E-state index contributed by atoms with van der Waals surface area (Å²) in [6.07, 6.45) is 6.02. The number of nitrogens with one attached hydrogen (secondary N) is 1. The first-order valence-corrected chi connectivity index (χ1v) is 6.35. The van der Waals surface area contributed by atoms with Crippen LogP contribution >= 0.6 is 0 Å². The molecule has 0 bridgehead atoms. The number of nitrogens with zero attached hydrogens (tertiary/aromatic N) is 1. The molecule has 0 aromatic rings. The minimum Gasteiger partial charge on any atom is -0.316 e. The third-order valence-corrected chi connectivity index (χ3v) is 3.33. The van der Waals surface area contributed by atoms with E-state index in [-0.39, 0.29) is 0 Å². The van der Waals surface area contributed by atoms with Crippen LogP contribution in [0, 0.1) is 5.92 Å². The molecule has 2 unspecified atom stereocenters. The van der Waals surface area contributed by atoms with Crippen molar-refractivity contribution in [2.75, 3.05) is 26.2 Å². The molecule has 0 aliphatic carbocycles. The standard InChI is InChI=1S/C13H26N2/c1-4-8-14-10-13-7-6-9-15(11-13)12(3)5-2/h5,12-14H,2,4,6-11H2,1,3H3. The summed E-state index contributed by atoms with van der Waals surface area (Å²) >= 11 is 0. The predicted octanol–water partition coefficient (Wildman–Crippen LogP) is 2.27. The van der Waals surface area contributed by atoms with Crippen LogP contribution < -0.4 is 5.32 Å². The normalized spacial score (nSPS) is 25.1. The first-order valence-electron chi connectivity index (χ1n) is 6.35. The zero-order chi connectivity index (χ0) is 11.1. The van der Waals surface area contributed by atoms with Gasteiger partial charge in [-0.3, -0.25) is 4.90 Å². The lowest BCUT2D eigenvalue weighted by molar-refractivity contribution is 0.151. The summed E-state index contributed by atoms with van der Waals surface area (Å²) in [5.41, 5.74) is 0. The first kappa shape index (κ1) is 12.7. The van der Waals surface area contributed by atoms with Crippen LogP contribution in [0.3, 0.4) is 0 Å². The summed E-state index contributed by atoms with van der Waals surface area (Å²) in [6, 6.07) is 0.541. The van der Waals surface area contributed by atoms with Gasteiger partial charge in [-0.25, -0.2) is 0 Å². The molecule has 0 aromatic carbocycles. The Kier molecular flexibility index (Phi) is 5.96. The molecule has 1 fully saturated rings. The van der Waals surface area contributed by atoms with Crippen molar-refractivity contribution >= 4 is 0 Å². The van der Waals surface area contributed by atoms with Crippen molar-refractivity contribution in [2.24, 2.45) is 5.92 Å². The van der Waals surface area contributed by atoms with E-state index in [1.807, 2.05) is 0 Å². The monoisotopic (exact) mass is 210 g/mol. The first-order chi connectivity index (χ1) is 7.27. The van der Waals surface area contributed by atoms with Gasteiger partial charge in [0.2, 0.25) is 0 Å². The van der Waals surface area contributed by atoms with E-state index in [4.69, 9.17) is 0 Å². The van der Waals surface area contributed by atoms with Gasteiger partial charge in [-0.2, -0.15) is 0 Å². The van der Waals surface area contributed by atoms with Gasteiger partial charge in [0.1, 0.15) is 0 Å². The van der Waals surface area contributed by atoms with Gasteiger partial charge in [0.15, 0.2) is 0 Å². The van der Waals surface area contributed by atoms with E-state index in [0.29, 0.717) is 6.04 Å². The van der Waals surface area contributed by atoms with E-state index in [0.717, 1.165) is 12.5 Å². The smallest absolute Gasteiger partial charge is 0.0247 e. The molecule has 1 heterocycles. The van der Waals surface area contributed by atoms with Crippen LogP contribution in [-0.4, -0.2) is 37.1 Å². The molecule has 15 heavy (non-hydrogen) atoms. The third kappa shape index (κ3) is 4.35. The third-order valence-electron chi connectivity index (χ3n) is 3.33. The van der Waals surface area contributed by atoms with Gasteiger partial charge >= 0.3 is 0 Å². The number of rotatable bonds is 6. The number of likely N-dealkylation sites (tertiary alicyclic amines) is 1. The highest BCUT2D eigenvalue weighted by Crippen LogP contribution is 2.18. The van der Waals surface area contributed by atoms with E-state index < -0.39 is 0 Å². The molecular formula is C13H26N2. The summed E-state index contributed by atoms with van der Waals surface area (Å²) in [5.74, 6) is 0.840. The van der Waals surface area contributed by atoms with Crippen molar-refractivity contribution < 1.29 is 0 Å². The SMILES string of the molecule is C=CC(C)N1CCCC(CNCCC)C1. The van der Waals surface area contributed by atoms with E-state index in [2.05, 4.69) is 36.7 Å². The Morgan fingerprint density at radius 2 is 2.40 bits per heavy atom. The Morgan fingerprint density at radius 3 is 3.07 bits per heavy atom. The molecule has 2 heteroatoms. The summed E-state index contributed by atoms with van der Waals surface area (Å²) in [5, 5.41) is 3.53. The second-order valence-corrected chi connectivity index (χ2v) is 4.68. The molecule has 0 radical (unpaired) electrons. The molecule has 1 rings (SSSR count). The van der Waals surface area contributed by atoms with Crippen LogP contribution in [0.4, 0.5) is 0 Å². The second kappa shape index (κ2) is 7.02. The maximum Gasteiger partial charge on any atom is 0.0247 e. The molecule has 0 spiro atoms. The molecule has 88 valence electrons. The maximum atomic E-state index is 3.88. The van der Waals surface area contributed by atoms with Crippen molar-refractivity contribution in [3.8, 4) is 0 Å². The molecule has 0 saturated carbocycles. The van der Waals surface area contributed by atoms with Gasteiger partial charge in [0, 0.05) is 12.6 Å². The van der Waals surface area contributed by atoms with Gasteiger partial charge in [0.25, 0.3) is 0 Å². The zero-order valence-corrected chi connectivity index (χ0v) is 10.3. The Morgan fingerprint density at radius 1 is 1.60 bits per heavy atom. The molecule has 1 saturated heterocycles. The van der Waals surface area contributed by atoms with Gasteiger partial charge < -0.3 is 5.32 Å². The van der Waals surface area contributed by atoms with Gasteiger partial charge in [0.05, 0.1) is 0 Å². The summed E-state index contributed by atoms with van der Waals surface area (Å²) < 4.78 is 0. The van der Waals surface area contributed by atoms with Crippen molar-refractivity contribution in [2.45, 2.75) is 39.2 Å². The molecule has 0 amide bonds. The van der Waals surface area contributed by atoms with Crippen LogP contribution in [0.2, 0.25) is 0 Å². The van der Waals surface area contributed by atoms with E-state index in [9.17, 15) is 0 Å². The van der Waals surface area contributed by atoms with E-state index in [1.165, 1.54) is 38.9 Å². The Hall–Kier alpha value is -0.340. The quantitative estimate of drug-likeness (QED) is 0.534. The average molecular weight is 210 g/mol. The fourth-order valence-corrected chi connectivity index (χ4v) is 2.27. The van der Waals surface area contributed by atoms with Crippen molar-refractivity contribution in [3.05, 3.63) is 12.7 Å². The molecular weight excluding hydrogens is 184 g/mol. The Labute approximate surface area is 94.7 Å². The highest BCUT2D eigenvalue weighted by Gasteiger charge is 2.21. The highest BCUT2D eigenvalue weighted by atomic mass is 15.2. The molecule has 1 aliphatic heterocycles. The van der Waals surface area contributed by atoms with E-state index >= 15 is 0 Å². The van der Waals surface area contributed by atoms with Crippen LogP contribution in [0.1, 0.15) is 33.1 Å². The minimum atomic E-state index is 0.541. The fraction of sp³-hybridized carbons (Fsp3) is 0.846. The lowest BCUT2D eigenvalue weighted by Gasteiger charge is -2.35. The second-order valence-electron chi connectivity index (χ2n) is 4.68. The lowest BCUT2D eigenvalue weighted by Crippen LogP contribution is -2.43. The van der Waals surface area contributed by atoms with Crippen LogP contribution in [0.15, 0.2) is 12.7 Å². The topological polar surface area (TPSA) is 15.3 Å². The molecule has 2 atom stereocenters. The van der Waals surface area contributed by atoms with Crippen LogP contribution in [0.5, 0.6) is 0 Å². The average Bonchev–Trinajstić information content (AvgIpc) is 2.29. The Bertz CT molecular complexity index is 179. The van der Waals surface area contributed by atoms with E-state index in [1.54, 1.807) is 0 Å². The predicted molar refractivity (Wildman–Crippen MR) is 67.1 cm³/mol. The van der Waals surface area contributed by atoms with Crippen LogP contribution in [-0.2, 0) is 0 Å². The van der Waals surface area contributed by atoms with Gasteiger partial charge in [-0.1, -0.05) is 13.0 Å². The van der Waals surface area contributed by atoms with Crippen molar-refractivity contribution in [1.29, 1.82) is 0 Å².